The lowest BCUT2D eigenvalue weighted by molar-refractivity contribution is 0.488. The first-order valence-corrected chi connectivity index (χ1v) is 6.20. The van der Waals surface area contributed by atoms with E-state index >= 15 is 0 Å². The minimum absolute atomic E-state index is 0.136. The summed E-state index contributed by atoms with van der Waals surface area (Å²) in [5, 5.41) is 0. The highest BCUT2D eigenvalue weighted by Crippen LogP contribution is 2.26. The van der Waals surface area contributed by atoms with Crippen molar-refractivity contribution in [2.45, 2.75) is 26.3 Å². The predicted molar refractivity (Wildman–Crippen MR) is 70.7 cm³/mol. The molecule has 1 heterocycles. The lowest BCUT2D eigenvalue weighted by atomic mass is 9.97. The van der Waals surface area contributed by atoms with Crippen LogP contribution in [0.2, 0.25) is 0 Å². The standard InChI is InChI=1S/C15H16F2N2/c1-3-10-5-4-8-19-15(10)14(18)11-7-6-9(2)12(16)13(11)17/h4-8,14H,3,18H2,1-2H3. The third-order valence-corrected chi connectivity index (χ3v) is 3.24. The van der Waals surface area contributed by atoms with E-state index in [1.54, 1.807) is 12.3 Å². The van der Waals surface area contributed by atoms with Crippen molar-refractivity contribution in [3.63, 3.8) is 0 Å². The largest absolute Gasteiger partial charge is 0.319 e. The Balaban J connectivity index is 2.50. The summed E-state index contributed by atoms with van der Waals surface area (Å²) in [5.41, 5.74) is 7.98. The quantitative estimate of drug-likeness (QED) is 0.922. The van der Waals surface area contributed by atoms with Crippen LogP contribution >= 0.6 is 0 Å². The summed E-state index contributed by atoms with van der Waals surface area (Å²) in [7, 11) is 0. The lowest BCUT2D eigenvalue weighted by Gasteiger charge is -2.16. The molecule has 100 valence electrons. The average molecular weight is 262 g/mol. The summed E-state index contributed by atoms with van der Waals surface area (Å²) in [5.74, 6) is -1.73. The van der Waals surface area contributed by atoms with Gasteiger partial charge in [-0.25, -0.2) is 8.78 Å². The van der Waals surface area contributed by atoms with Crippen LogP contribution in [0.15, 0.2) is 30.5 Å². The molecule has 0 aliphatic heterocycles. The van der Waals surface area contributed by atoms with Gasteiger partial charge in [0.05, 0.1) is 11.7 Å². The number of rotatable bonds is 3. The molecule has 0 fully saturated rings. The van der Waals surface area contributed by atoms with E-state index in [1.165, 1.54) is 19.1 Å². The summed E-state index contributed by atoms with van der Waals surface area (Å²) in [6.45, 7) is 3.49. The normalized spacial score (nSPS) is 12.5. The summed E-state index contributed by atoms with van der Waals surface area (Å²) < 4.78 is 27.6. The molecule has 2 nitrogen and oxygen atoms in total. The van der Waals surface area contributed by atoms with Gasteiger partial charge in [0.1, 0.15) is 0 Å². The van der Waals surface area contributed by atoms with Crippen molar-refractivity contribution in [1.29, 1.82) is 0 Å². The molecule has 2 N–H and O–H groups in total. The van der Waals surface area contributed by atoms with Crippen LogP contribution in [0, 0.1) is 18.6 Å². The van der Waals surface area contributed by atoms with Gasteiger partial charge in [0, 0.05) is 11.8 Å². The van der Waals surface area contributed by atoms with Crippen LogP contribution in [0.25, 0.3) is 0 Å². The zero-order valence-corrected chi connectivity index (χ0v) is 11.0. The molecule has 0 aliphatic rings. The molecule has 0 saturated heterocycles. The third kappa shape index (κ3) is 2.49. The van der Waals surface area contributed by atoms with Gasteiger partial charge in [-0.2, -0.15) is 0 Å². The van der Waals surface area contributed by atoms with E-state index in [0.29, 0.717) is 5.69 Å². The van der Waals surface area contributed by atoms with Crippen molar-refractivity contribution in [2.75, 3.05) is 0 Å². The first kappa shape index (κ1) is 13.6. The first-order chi connectivity index (χ1) is 9.06. The van der Waals surface area contributed by atoms with Gasteiger partial charge >= 0.3 is 0 Å². The molecule has 1 aromatic carbocycles. The molecule has 1 atom stereocenters. The zero-order chi connectivity index (χ0) is 14.0. The lowest BCUT2D eigenvalue weighted by Crippen LogP contribution is -2.18. The van der Waals surface area contributed by atoms with Gasteiger partial charge in [-0.05, 0) is 30.5 Å². The Labute approximate surface area is 111 Å². The minimum atomic E-state index is -0.889. The summed E-state index contributed by atoms with van der Waals surface area (Å²) in [4.78, 5) is 4.20. The van der Waals surface area contributed by atoms with Gasteiger partial charge < -0.3 is 5.73 Å². The second kappa shape index (κ2) is 5.45. The molecule has 0 amide bonds. The van der Waals surface area contributed by atoms with Crippen molar-refractivity contribution in [3.8, 4) is 0 Å². The number of pyridine rings is 1. The van der Waals surface area contributed by atoms with E-state index in [4.69, 9.17) is 5.73 Å². The van der Waals surface area contributed by atoms with Crippen molar-refractivity contribution < 1.29 is 8.78 Å². The molecular formula is C15H16F2N2. The zero-order valence-electron chi connectivity index (χ0n) is 11.0. The molecule has 1 unspecified atom stereocenters. The molecular weight excluding hydrogens is 246 g/mol. The summed E-state index contributed by atoms with van der Waals surface area (Å²) >= 11 is 0. The maximum atomic E-state index is 14.0. The van der Waals surface area contributed by atoms with Crippen LogP contribution in [-0.2, 0) is 6.42 Å². The monoisotopic (exact) mass is 262 g/mol. The Hall–Kier alpha value is -1.81. The van der Waals surface area contributed by atoms with Crippen LogP contribution < -0.4 is 5.73 Å². The highest BCUT2D eigenvalue weighted by atomic mass is 19.2. The smallest absolute Gasteiger partial charge is 0.164 e. The number of nitrogens with two attached hydrogens (primary N) is 1. The Kier molecular flexibility index (Phi) is 3.90. The molecule has 0 spiro atoms. The van der Waals surface area contributed by atoms with E-state index in [2.05, 4.69) is 4.98 Å². The fourth-order valence-electron chi connectivity index (χ4n) is 2.08. The second-order valence-electron chi connectivity index (χ2n) is 4.48. The molecule has 19 heavy (non-hydrogen) atoms. The van der Waals surface area contributed by atoms with Crippen molar-refractivity contribution in [1.82, 2.24) is 4.98 Å². The molecule has 2 rings (SSSR count). The van der Waals surface area contributed by atoms with Gasteiger partial charge in [-0.15, -0.1) is 0 Å². The summed E-state index contributed by atoms with van der Waals surface area (Å²) in [6, 6.07) is 5.99. The maximum absolute atomic E-state index is 14.0. The van der Waals surface area contributed by atoms with Crippen LogP contribution in [0.5, 0.6) is 0 Å². The fourth-order valence-corrected chi connectivity index (χ4v) is 2.08. The molecule has 4 heteroatoms. The van der Waals surface area contributed by atoms with Crippen LogP contribution in [0.1, 0.15) is 35.3 Å². The van der Waals surface area contributed by atoms with E-state index in [-0.39, 0.29) is 11.1 Å². The maximum Gasteiger partial charge on any atom is 0.164 e. The van der Waals surface area contributed by atoms with Crippen molar-refractivity contribution in [2.24, 2.45) is 5.73 Å². The highest BCUT2D eigenvalue weighted by molar-refractivity contribution is 5.35. The van der Waals surface area contributed by atoms with E-state index in [1.807, 2.05) is 13.0 Å². The number of benzene rings is 1. The molecule has 0 bridgehead atoms. The average Bonchev–Trinajstić information content (AvgIpc) is 2.44. The Morgan fingerprint density at radius 2 is 1.95 bits per heavy atom. The fraction of sp³-hybridized carbons (Fsp3) is 0.267. The Morgan fingerprint density at radius 3 is 2.63 bits per heavy atom. The van der Waals surface area contributed by atoms with Gasteiger partial charge in [0.2, 0.25) is 0 Å². The van der Waals surface area contributed by atoms with E-state index in [0.717, 1.165) is 12.0 Å². The third-order valence-electron chi connectivity index (χ3n) is 3.24. The molecule has 1 aromatic heterocycles. The minimum Gasteiger partial charge on any atom is -0.319 e. The van der Waals surface area contributed by atoms with Gasteiger partial charge in [0.25, 0.3) is 0 Å². The number of hydrogen-bond acceptors (Lipinski definition) is 2. The Bertz CT molecular complexity index is 597. The number of halogens is 2. The highest BCUT2D eigenvalue weighted by Gasteiger charge is 2.20. The number of hydrogen-bond donors (Lipinski definition) is 1. The van der Waals surface area contributed by atoms with Gasteiger partial charge in [-0.1, -0.05) is 25.1 Å². The van der Waals surface area contributed by atoms with E-state index in [9.17, 15) is 8.78 Å². The van der Waals surface area contributed by atoms with Gasteiger partial charge in [-0.3, -0.25) is 4.98 Å². The predicted octanol–water partition coefficient (Wildman–Crippen LogP) is 3.28. The molecule has 0 saturated carbocycles. The Morgan fingerprint density at radius 1 is 1.21 bits per heavy atom. The first-order valence-electron chi connectivity index (χ1n) is 6.20. The molecule has 0 radical (unpaired) electrons. The number of aromatic nitrogens is 1. The second-order valence-corrected chi connectivity index (χ2v) is 4.48. The SMILES string of the molecule is CCc1cccnc1C(N)c1ccc(C)c(F)c1F. The topological polar surface area (TPSA) is 38.9 Å². The van der Waals surface area contributed by atoms with Crippen LogP contribution in [-0.4, -0.2) is 4.98 Å². The van der Waals surface area contributed by atoms with Crippen molar-refractivity contribution >= 4 is 0 Å². The van der Waals surface area contributed by atoms with Crippen LogP contribution in [0.3, 0.4) is 0 Å². The molecule has 0 aliphatic carbocycles. The number of nitrogens with zero attached hydrogens (tertiary/aromatic N) is 1. The van der Waals surface area contributed by atoms with Crippen molar-refractivity contribution in [3.05, 3.63) is 64.5 Å². The van der Waals surface area contributed by atoms with E-state index < -0.39 is 17.7 Å². The van der Waals surface area contributed by atoms with Gasteiger partial charge in [0.15, 0.2) is 11.6 Å². The van der Waals surface area contributed by atoms with Crippen LogP contribution in [0.4, 0.5) is 8.78 Å². The number of aryl methyl sites for hydroxylation is 2. The molecule has 2 aromatic rings. The summed E-state index contributed by atoms with van der Waals surface area (Å²) in [6.07, 6.45) is 2.35.